The SMILES string of the molecule is COc1ccc(CCCNC(=O)N[C@H]2CCN3CCCC[C@H]23)cc1OC. The van der Waals surface area contributed by atoms with E-state index in [1.165, 1.54) is 31.4 Å². The van der Waals surface area contributed by atoms with Gasteiger partial charge in [-0.25, -0.2) is 4.79 Å². The lowest BCUT2D eigenvalue weighted by atomic mass is 9.99. The van der Waals surface area contributed by atoms with Crippen LogP contribution in [0, 0.1) is 0 Å². The molecule has 0 aliphatic carbocycles. The number of hydrogen-bond acceptors (Lipinski definition) is 4. The second-order valence-electron chi connectivity index (χ2n) is 7.19. The van der Waals surface area contributed by atoms with Crippen molar-refractivity contribution in [3.05, 3.63) is 23.8 Å². The average molecular weight is 361 g/mol. The summed E-state index contributed by atoms with van der Waals surface area (Å²) in [5.74, 6) is 1.48. The molecule has 144 valence electrons. The van der Waals surface area contributed by atoms with Gasteiger partial charge in [-0.15, -0.1) is 0 Å². The summed E-state index contributed by atoms with van der Waals surface area (Å²) in [5.41, 5.74) is 1.18. The molecule has 0 aromatic heterocycles. The number of fused-ring (bicyclic) bond motifs is 1. The molecule has 2 aliphatic rings. The molecule has 6 heteroatoms. The number of benzene rings is 1. The van der Waals surface area contributed by atoms with Crippen LogP contribution in [0.1, 0.15) is 37.7 Å². The van der Waals surface area contributed by atoms with Crippen LogP contribution in [0.2, 0.25) is 0 Å². The van der Waals surface area contributed by atoms with Crippen molar-refractivity contribution in [1.29, 1.82) is 0 Å². The molecule has 0 bridgehead atoms. The van der Waals surface area contributed by atoms with Gasteiger partial charge in [-0.1, -0.05) is 12.5 Å². The number of rotatable bonds is 7. The molecule has 2 saturated heterocycles. The number of methoxy groups -OCH3 is 2. The van der Waals surface area contributed by atoms with E-state index in [0.717, 1.165) is 37.3 Å². The summed E-state index contributed by atoms with van der Waals surface area (Å²) in [6.45, 7) is 2.98. The molecule has 26 heavy (non-hydrogen) atoms. The van der Waals surface area contributed by atoms with Gasteiger partial charge in [0.2, 0.25) is 0 Å². The number of aryl methyl sites for hydroxylation is 1. The molecule has 2 atom stereocenters. The zero-order valence-corrected chi connectivity index (χ0v) is 15.9. The first-order valence-corrected chi connectivity index (χ1v) is 9.70. The number of nitrogens with one attached hydrogen (secondary N) is 2. The third kappa shape index (κ3) is 4.61. The summed E-state index contributed by atoms with van der Waals surface area (Å²) in [6, 6.07) is 6.77. The molecule has 0 spiro atoms. The quantitative estimate of drug-likeness (QED) is 0.733. The summed E-state index contributed by atoms with van der Waals surface area (Å²) in [5, 5.41) is 6.18. The Hall–Kier alpha value is -1.95. The molecule has 2 fully saturated rings. The van der Waals surface area contributed by atoms with Crippen molar-refractivity contribution in [1.82, 2.24) is 15.5 Å². The fourth-order valence-electron chi connectivity index (χ4n) is 4.17. The first-order valence-electron chi connectivity index (χ1n) is 9.70. The summed E-state index contributed by atoms with van der Waals surface area (Å²) < 4.78 is 10.6. The lowest BCUT2D eigenvalue weighted by molar-refractivity contribution is 0.179. The predicted molar refractivity (Wildman–Crippen MR) is 102 cm³/mol. The standard InChI is InChI=1S/C20H31N3O3/c1-25-18-9-8-15(14-19(18)26-2)6-5-11-21-20(24)22-16-10-13-23-12-4-3-7-17(16)23/h8-9,14,16-17H,3-7,10-13H2,1-2H3,(H2,21,22,24)/t16-,17+/m0/s1. The molecule has 2 aliphatic heterocycles. The van der Waals surface area contributed by atoms with Crippen LogP contribution in [-0.2, 0) is 6.42 Å². The fraction of sp³-hybridized carbons (Fsp3) is 0.650. The Kier molecular flexibility index (Phi) is 6.61. The highest BCUT2D eigenvalue weighted by Crippen LogP contribution is 2.28. The van der Waals surface area contributed by atoms with Crippen LogP contribution in [0.3, 0.4) is 0 Å². The van der Waals surface area contributed by atoms with Crippen LogP contribution in [0.5, 0.6) is 11.5 Å². The van der Waals surface area contributed by atoms with Crippen molar-refractivity contribution >= 4 is 6.03 Å². The van der Waals surface area contributed by atoms with E-state index in [2.05, 4.69) is 15.5 Å². The molecule has 6 nitrogen and oxygen atoms in total. The van der Waals surface area contributed by atoms with Crippen molar-refractivity contribution in [2.45, 2.75) is 50.6 Å². The highest BCUT2D eigenvalue weighted by Gasteiger charge is 2.36. The van der Waals surface area contributed by atoms with Crippen molar-refractivity contribution in [2.24, 2.45) is 0 Å². The number of amides is 2. The van der Waals surface area contributed by atoms with E-state index in [0.29, 0.717) is 18.6 Å². The number of nitrogens with zero attached hydrogens (tertiary/aromatic N) is 1. The topological polar surface area (TPSA) is 62.8 Å². The van der Waals surface area contributed by atoms with Crippen molar-refractivity contribution in [2.75, 3.05) is 33.9 Å². The van der Waals surface area contributed by atoms with E-state index in [9.17, 15) is 4.79 Å². The third-order valence-corrected chi connectivity index (χ3v) is 5.55. The summed E-state index contributed by atoms with van der Waals surface area (Å²) in [6.07, 6.45) is 6.65. The normalized spacial score (nSPS) is 22.5. The van der Waals surface area contributed by atoms with Crippen molar-refractivity contribution < 1.29 is 14.3 Å². The van der Waals surface area contributed by atoms with Crippen LogP contribution in [-0.4, -0.2) is 56.9 Å². The molecule has 2 heterocycles. The zero-order valence-electron chi connectivity index (χ0n) is 15.9. The van der Waals surface area contributed by atoms with Crippen LogP contribution >= 0.6 is 0 Å². The second kappa shape index (κ2) is 9.12. The Morgan fingerprint density at radius 2 is 2.00 bits per heavy atom. The van der Waals surface area contributed by atoms with Gasteiger partial charge >= 0.3 is 6.03 Å². The number of ether oxygens (including phenoxy) is 2. The molecule has 0 saturated carbocycles. The van der Waals surface area contributed by atoms with E-state index in [4.69, 9.17) is 9.47 Å². The smallest absolute Gasteiger partial charge is 0.315 e. The fourth-order valence-corrected chi connectivity index (χ4v) is 4.17. The lowest BCUT2D eigenvalue weighted by Crippen LogP contribution is -2.49. The third-order valence-electron chi connectivity index (χ3n) is 5.55. The summed E-state index contributed by atoms with van der Waals surface area (Å²) in [4.78, 5) is 14.7. The molecule has 3 rings (SSSR count). The molecule has 0 radical (unpaired) electrons. The minimum Gasteiger partial charge on any atom is -0.493 e. The molecular formula is C20H31N3O3. The van der Waals surface area contributed by atoms with Gasteiger partial charge < -0.3 is 20.1 Å². The van der Waals surface area contributed by atoms with Gasteiger partial charge in [-0.3, -0.25) is 4.90 Å². The number of carbonyl (C=O) groups excluding carboxylic acids is 1. The Morgan fingerprint density at radius 1 is 1.15 bits per heavy atom. The molecule has 1 aromatic rings. The highest BCUT2D eigenvalue weighted by atomic mass is 16.5. The van der Waals surface area contributed by atoms with Crippen LogP contribution in [0.4, 0.5) is 4.79 Å². The van der Waals surface area contributed by atoms with Gasteiger partial charge in [0.05, 0.1) is 14.2 Å². The van der Waals surface area contributed by atoms with Gasteiger partial charge in [0.1, 0.15) is 0 Å². The maximum Gasteiger partial charge on any atom is 0.315 e. The van der Waals surface area contributed by atoms with E-state index in [1.54, 1.807) is 14.2 Å². The van der Waals surface area contributed by atoms with E-state index in [-0.39, 0.29) is 6.03 Å². The number of hydrogen-bond donors (Lipinski definition) is 2. The van der Waals surface area contributed by atoms with E-state index < -0.39 is 0 Å². The van der Waals surface area contributed by atoms with E-state index >= 15 is 0 Å². The largest absolute Gasteiger partial charge is 0.493 e. The minimum absolute atomic E-state index is 0.0327. The summed E-state index contributed by atoms with van der Waals surface area (Å²) >= 11 is 0. The second-order valence-corrected chi connectivity index (χ2v) is 7.19. The van der Waals surface area contributed by atoms with E-state index in [1.807, 2.05) is 18.2 Å². The van der Waals surface area contributed by atoms with Crippen LogP contribution in [0.25, 0.3) is 0 Å². The maximum absolute atomic E-state index is 12.2. The maximum atomic E-state index is 12.2. The number of piperidine rings is 1. The average Bonchev–Trinajstić information content (AvgIpc) is 3.08. The lowest BCUT2D eigenvalue weighted by Gasteiger charge is -2.32. The number of urea groups is 1. The predicted octanol–water partition coefficient (Wildman–Crippen LogP) is 2.56. The molecule has 2 N–H and O–H groups in total. The summed E-state index contributed by atoms with van der Waals surface area (Å²) in [7, 11) is 3.28. The minimum atomic E-state index is -0.0327. The number of carbonyl (C=O) groups is 1. The first-order chi connectivity index (χ1) is 12.7. The van der Waals surface area contributed by atoms with Gasteiger partial charge in [-0.2, -0.15) is 0 Å². The van der Waals surface area contributed by atoms with Crippen molar-refractivity contribution in [3.8, 4) is 11.5 Å². The Labute approximate surface area is 156 Å². The highest BCUT2D eigenvalue weighted by molar-refractivity contribution is 5.74. The van der Waals surface area contributed by atoms with Crippen LogP contribution in [0.15, 0.2) is 18.2 Å². The molecular weight excluding hydrogens is 330 g/mol. The van der Waals surface area contributed by atoms with Gasteiger partial charge in [0, 0.05) is 25.2 Å². The van der Waals surface area contributed by atoms with Gasteiger partial charge in [0.15, 0.2) is 11.5 Å². The zero-order chi connectivity index (χ0) is 18.4. The molecule has 0 unspecified atom stereocenters. The van der Waals surface area contributed by atoms with Gasteiger partial charge in [-0.05, 0) is 56.3 Å². The van der Waals surface area contributed by atoms with Gasteiger partial charge in [0.25, 0.3) is 0 Å². The monoisotopic (exact) mass is 361 g/mol. The molecule has 2 amide bonds. The first kappa shape index (κ1) is 18.8. The Balaban J connectivity index is 1.38. The Morgan fingerprint density at radius 3 is 2.81 bits per heavy atom. The van der Waals surface area contributed by atoms with Crippen LogP contribution < -0.4 is 20.1 Å². The molecule has 1 aromatic carbocycles. The van der Waals surface area contributed by atoms with Crippen molar-refractivity contribution in [3.63, 3.8) is 0 Å². The Bertz CT molecular complexity index is 608.